The lowest BCUT2D eigenvalue weighted by Gasteiger charge is -2.21. The predicted molar refractivity (Wildman–Crippen MR) is 110 cm³/mol. The Morgan fingerprint density at radius 1 is 1.24 bits per heavy atom. The first-order valence-corrected chi connectivity index (χ1v) is 9.80. The zero-order valence-corrected chi connectivity index (χ0v) is 15.9. The maximum absolute atomic E-state index is 6.09. The van der Waals surface area contributed by atoms with Crippen LogP contribution in [0, 0.1) is 6.07 Å². The standard InChI is InChI=1S/C22H22N5O2/c23-22-21(28-12-14-4-2-1-3-5-14)20-17(10-25-22)18(13-29-20)16-11-26-27-19(16)15-6-8-24-9-7-15/h1-4,10-11,13,15,24H,6-9,12H2,(H2,23,25)(H,26,27). The number of nitrogens with two attached hydrogens (primary N) is 1. The minimum absolute atomic E-state index is 0.306. The van der Waals surface area contributed by atoms with Gasteiger partial charge in [-0.2, -0.15) is 5.10 Å². The Balaban J connectivity index is 1.50. The molecule has 0 aliphatic carbocycles. The van der Waals surface area contributed by atoms with Crippen molar-refractivity contribution in [3.8, 4) is 16.9 Å². The summed E-state index contributed by atoms with van der Waals surface area (Å²) in [5.74, 6) is 1.19. The number of aromatic amines is 1. The largest absolute Gasteiger partial charge is 0.482 e. The number of pyridine rings is 1. The molecule has 0 spiro atoms. The Morgan fingerprint density at radius 3 is 2.97 bits per heavy atom. The van der Waals surface area contributed by atoms with Crippen molar-refractivity contribution >= 4 is 16.8 Å². The fourth-order valence-electron chi connectivity index (χ4n) is 3.92. The second-order valence-electron chi connectivity index (χ2n) is 7.25. The monoisotopic (exact) mass is 388 g/mol. The van der Waals surface area contributed by atoms with Gasteiger partial charge >= 0.3 is 0 Å². The van der Waals surface area contributed by atoms with E-state index >= 15 is 0 Å². The first-order valence-electron chi connectivity index (χ1n) is 9.80. The number of hydrogen-bond donors (Lipinski definition) is 3. The van der Waals surface area contributed by atoms with E-state index in [1.165, 1.54) is 0 Å². The molecule has 4 heterocycles. The van der Waals surface area contributed by atoms with E-state index in [9.17, 15) is 0 Å². The van der Waals surface area contributed by atoms with Gasteiger partial charge in [0, 0.05) is 29.4 Å². The molecule has 1 saturated heterocycles. The molecule has 1 aliphatic heterocycles. The number of H-pyrrole nitrogens is 1. The summed E-state index contributed by atoms with van der Waals surface area (Å²) in [5.41, 5.74) is 10.7. The highest BCUT2D eigenvalue weighted by Crippen LogP contribution is 2.40. The minimum Gasteiger partial charge on any atom is -0.482 e. The number of nitrogen functional groups attached to an aromatic ring is 1. The normalized spacial score (nSPS) is 15.0. The van der Waals surface area contributed by atoms with Crippen molar-refractivity contribution in [3.63, 3.8) is 0 Å². The summed E-state index contributed by atoms with van der Waals surface area (Å²) in [6.07, 6.45) is 7.55. The van der Waals surface area contributed by atoms with E-state index in [0.717, 1.165) is 53.7 Å². The molecule has 0 saturated carbocycles. The lowest BCUT2D eigenvalue weighted by molar-refractivity contribution is 0.306. The van der Waals surface area contributed by atoms with Gasteiger partial charge in [0.2, 0.25) is 5.75 Å². The first-order chi connectivity index (χ1) is 14.3. The number of anilines is 1. The van der Waals surface area contributed by atoms with Crippen LogP contribution in [0.4, 0.5) is 5.82 Å². The molecule has 3 aromatic heterocycles. The van der Waals surface area contributed by atoms with E-state index in [0.29, 0.717) is 29.7 Å². The van der Waals surface area contributed by atoms with Gasteiger partial charge in [0.15, 0.2) is 11.4 Å². The summed E-state index contributed by atoms with van der Waals surface area (Å²) in [7, 11) is 0. The van der Waals surface area contributed by atoms with Crippen LogP contribution >= 0.6 is 0 Å². The number of nitrogens with one attached hydrogen (secondary N) is 2. The number of piperidine rings is 1. The molecule has 0 amide bonds. The smallest absolute Gasteiger partial charge is 0.205 e. The van der Waals surface area contributed by atoms with Crippen molar-refractivity contribution in [2.75, 3.05) is 18.8 Å². The number of furan rings is 1. The van der Waals surface area contributed by atoms with E-state index in [2.05, 4.69) is 26.6 Å². The Bertz CT molecular complexity index is 1110. The molecule has 0 bridgehead atoms. The summed E-state index contributed by atoms with van der Waals surface area (Å²) >= 11 is 0. The van der Waals surface area contributed by atoms with Crippen molar-refractivity contribution < 1.29 is 9.15 Å². The molecule has 0 atom stereocenters. The maximum Gasteiger partial charge on any atom is 0.205 e. The lowest BCUT2D eigenvalue weighted by atomic mass is 9.90. The number of benzene rings is 1. The molecular formula is C22H22N5O2. The Kier molecular flexibility index (Phi) is 4.65. The molecule has 1 fully saturated rings. The number of fused-ring (bicyclic) bond motifs is 1. The highest BCUT2D eigenvalue weighted by atomic mass is 16.5. The quantitative estimate of drug-likeness (QED) is 0.482. The lowest BCUT2D eigenvalue weighted by Crippen LogP contribution is -2.27. The molecule has 1 aliphatic rings. The molecule has 4 aromatic rings. The molecule has 4 N–H and O–H groups in total. The Hall–Kier alpha value is -3.32. The molecule has 147 valence electrons. The van der Waals surface area contributed by atoms with Crippen LogP contribution in [0.1, 0.15) is 30.0 Å². The topological polar surface area (TPSA) is 102 Å². The molecule has 29 heavy (non-hydrogen) atoms. The van der Waals surface area contributed by atoms with Gasteiger partial charge in [-0.15, -0.1) is 0 Å². The molecule has 1 aromatic carbocycles. The van der Waals surface area contributed by atoms with E-state index in [-0.39, 0.29) is 0 Å². The van der Waals surface area contributed by atoms with Crippen LogP contribution in [-0.2, 0) is 6.61 Å². The third-order valence-corrected chi connectivity index (χ3v) is 5.43. The Labute approximate surface area is 168 Å². The molecule has 5 rings (SSSR count). The highest BCUT2D eigenvalue weighted by Gasteiger charge is 2.24. The van der Waals surface area contributed by atoms with Gasteiger partial charge in [-0.1, -0.05) is 24.3 Å². The van der Waals surface area contributed by atoms with Gasteiger partial charge in [0.05, 0.1) is 11.1 Å². The minimum atomic E-state index is 0.306. The van der Waals surface area contributed by atoms with Gasteiger partial charge < -0.3 is 20.2 Å². The second kappa shape index (κ2) is 7.60. The van der Waals surface area contributed by atoms with Crippen LogP contribution in [0.3, 0.4) is 0 Å². The summed E-state index contributed by atoms with van der Waals surface area (Å²) in [6.45, 7) is 2.36. The zero-order valence-electron chi connectivity index (χ0n) is 15.9. The van der Waals surface area contributed by atoms with E-state index in [1.807, 2.05) is 30.5 Å². The molecule has 0 unspecified atom stereocenters. The SMILES string of the molecule is Nc1ncc2c(-c3c[nH]nc3C3CCNCC3)coc2c1OCc1[c]cccc1. The average molecular weight is 388 g/mol. The van der Waals surface area contributed by atoms with Crippen LogP contribution in [0.15, 0.2) is 47.3 Å². The fourth-order valence-corrected chi connectivity index (χ4v) is 3.92. The zero-order chi connectivity index (χ0) is 19.6. The van der Waals surface area contributed by atoms with Crippen LogP contribution in [-0.4, -0.2) is 28.3 Å². The number of nitrogens with zero attached hydrogens (tertiary/aromatic N) is 2. The average Bonchev–Trinajstić information content (AvgIpc) is 3.41. The summed E-state index contributed by atoms with van der Waals surface area (Å²) < 4.78 is 11.9. The summed E-state index contributed by atoms with van der Waals surface area (Å²) in [4.78, 5) is 4.35. The van der Waals surface area contributed by atoms with Crippen LogP contribution < -0.4 is 15.8 Å². The van der Waals surface area contributed by atoms with Gasteiger partial charge in [-0.3, -0.25) is 5.10 Å². The van der Waals surface area contributed by atoms with E-state index in [1.54, 1.807) is 12.5 Å². The van der Waals surface area contributed by atoms with Gasteiger partial charge in [0.1, 0.15) is 12.9 Å². The summed E-state index contributed by atoms with van der Waals surface area (Å²) in [6, 6.07) is 10.8. The third kappa shape index (κ3) is 3.34. The van der Waals surface area contributed by atoms with Gasteiger partial charge in [-0.25, -0.2) is 4.98 Å². The first kappa shape index (κ1) is 17.8. The number of rotatable bonds is 5. The Morgan fingerprint density at radius 2 is 2.14 bits per heavy atom. The number of hydrogen-bond acceptors (Lipinski definition) is 6. The molecular weight excluding hydrogens is 366 g/mol. The third-order valence-electron chi connectivity index (χ3n) is 5.43. The van der Waals surface area contributed by atoms with Crippen molar-refractivity contribution in [1.29, 1.82) is 0 Å². The molecule has 1 radical (unpaired) electrons. The number of aromatic nitrogens is 3. The van der Waals surface area contributed by atoms with Crippen molar-refractivity contribution in [2.24, 2.45) is 0 Å². The van der Waals surface area contributed by atoms with Crippen molar-refractivity contribution in [2.45, 2.75) is 25.4 Å². The van der Waals surface area contributed by atoms with E-state index < -0.39 is 0 Å². The van der Waals surface area contributed by atoms with Gasteiger partial charge in [-0.05, 0) is 37.6 Å². The van der Waals surface area contributed by atoms with Crippen LogP contribution in [0.5, 0.6) is 5.75 Å². The van der Waals surface area contributed by atoms with Gasteiger partial charge in [0.25, 0.3) is 0 Å². The van der Waals surface area contributed by atoms with Crippen molar-refractivity contribution in [1.82, 2.24) is 20.5 Å². The van der Waals surface area contributed by atoms with E-state index in [4.69, 9.17) is 14.9 Å². The second-order valence-corrected chi connectivity index (χ2v) is 7.25. The predicted octanol–water partition coefficient (Wildman–Crippen LogP) is 3.65. The highest BCUT2D eigenvalue weighted by molar-refractivity contribution is 5.98. The van der Waals surface area contributed by atoms with Crippen LogP contribution in [0.2, 0.25) is 0 Å². The van der Waals surface area contributed by atoms with Crippen molar-refractivity contribution in [3.05, 3.63) is 60.2 Å². The maximum atomic E-state index is 6.09. The van der Waals surface area contributed by atoms with Crippen LogP contribution in [0.25, 0.3) is 22.1 Å². The fraction of sp³-hybridized carbons (Fsp3) is 0.273. The molecule has 7 heteroatoms. The number of ether oxygens (including phenoxy) is 1. The molecule has 7 nitrogen and oxygen atoms in total. The summed E-state index contributed by atoms with van der Waals surface area (Å²) in [5, 5.41) is 11.8.